The van der Waals surface area contributed by atoms with Crippen LogP contribution in [0.5, 0.6) is 0 Å². The highest BCUT2D eigenvalue weighted by Crippen LogP contribution is 2.10. The van der Waals surface area contributed by atoms with Crippen molar-refractivity contribution in [1.82, 2.24) is 0 Å². The molecular weight excluding hydrogens is 266 g/mol. The molecule has 0 atom stereocenters. The van der Waals surface area contributed by atoms with E-state index in [1.165, 1.54) is 36.5 Å². The molecule has 0 aliphatic rings. The van der Waals surface area contributed by atoms with Gasteiger partial charge in [0, 0.05) is 11.6 Å². The van der Waals surface area contributed by atoms with Gasteiger partial charge in [0.15, 0.2) is 0 Å². The fourth-order valence-electron chi connectivity index (χ4n) is 1.46. The molecule has 0 aliphatic heterocycles. The summed E-state index contributed by atoms with van der Waals surface area (Å²) in [6.45, 7) is 0. The number of nitrogens with one attached hydrogen (secondary N) is 1. The lowest BCUT2D eigenvalue weighted by atomic mass is 10.2. The van der Waals surface area contributed by atoms with Crippen LogP contribution in [0.4, 0.5) is 14.5 Å². The Balaban J connectivity index is 2.04. The summed E-state index contributed by atoms with van der Waals surface area (Å²) >= 11 is 0. The molecule has 102 valence electrons. The molecule has 6 heteroatoms. The number of carboxylic acid groups (broad SMARTS) is 1. The van der Waals surface area contributed by atoms with Gasteiger partial charge in [0.25, 0.3) is 0 Å². The normalized spacial score (nSPS) is 10.7. The fraction of sp³-hybridized carbons (Fsp3) is 0. The van der Waals surface area contributed by atoms with Crippen molar-refractivity contribution in [3.63, 3.8) is 0 Å². The summed E-state index contributed by atoms with van der Waals surface area (Å²) in [6, 6.07) is 8.83. The molecule has 0 aliphatic carbocycles. The number of anilines is 1. The summed E-state index contributed by atoms with van der Waals surface area (Å²) in [7, 11) is 0. The molecule has 0 radical (unpaired) electrons. The number of benzene rings is 2. The minimum absolute atomic E-state index is 0.0455. The maximum absolute atomic E-state index is 13.3. The first kappa shape index (κ1) is 13.7. The second kappa shape index (κ2) is 5.92. The molecule has 1 N–H and O–H groups in total. The van der Waals surface area contributed by atoms with Crippen LogP contribution in [0.1, 0.15) is 15.9 Å². The Labute approximate surface area is 113 Å². The Morgan fingerprint density at radius 2 is 1.85 bits per heavy atom. The van der Waals surface area contributed by atoms with Crippen molar-refractivity contribution in [3.8, 4) is 0 Å². The van der Waals surface area contributed by atoms with E-state index in [9.17, 15) is 18.7 Å². The average Bonchev–Trinajstić information content (AvgIpc) is 2.42. The van der Waals surface area contributed by atoms with E-state index in [1.54, 1.807) is 0 Å². The number of carbonyl (C=O) groups is 1. The van der Waals surface area contributed by atoms with E-state index < -0.39 is 17.6 Å². The molecule has 0 amide bonds. The average molecular weight is 275 g/mol. The third-order valence-corrected chi connectivity index (χ3v) is 2.48. The van der Waals surface area contributed by atoms with Crippen LogP contribution in [0.2, 0.25) is 0 Å². The first-order chi connectivity index (χ1) is 9.56. The molecule has 2 rings (SSSR count). The lowest BCUT2D eigenvalue weighted by Gasteiger charge is -2.04. The smallest absolute Gasteiger partial charge is 0.134 e. The third kappa shape index (κ3) is 3.38. The van der Waals surface area contributed by atoms with E-state index in [1.807, 2.05) is 0 Å². The minimum atomic E-state index is -1.27. The summed E-state index contributed by atoms with van der Waals surface area (Å²) in [4.78, 5) is 10.5. The summed E-state index contributed by atoms with van der Waals surface area (Å²) in [6.07, 6.45) is 1.20. The molecule has 2 aromatic rings. The minimum Gasteiger partial charge on any atom is -0.545 e. The highest BCUT2D eigenvalue weighted by molar-refractivity contribution is 5.86. The molecular formula is C14H9F2N2O2-. The topological polar surface area (TPSA) is 64.5 Å². The van der Waals surface area contributed by atoms with Crippen LogP contribution < -0.4 is 10.5 Å². The lowest BCUT2D eigenvalue weighted by molar-refractivity contribution is -0.255. The number of carboxylic acids is 1. The molecule has 0 unspecified atom stereocenters. The SMILES string of the molecule is O=C([O-])c1ccc(N/N=C\c2ccc(F)cc2F)cc1. The van der Waals surface area contributed by atoms with Crippen LogP contribution in [0.3, 0.4) is 0 Å². The van der Waals surface area contributed by atoms with Gasteiger partial charge in [-0.05, 0) is 29.8 Å². The van der Waals surface area contributed by atoms with E-state index in [2.05, 4.69) is 10.5 Å². The first-order valence-corrected chi connectivity index (χ1v) is 5.62. The number of rotatable bonds is 4. The zero-order chi connectivity index (χ0) is 14.5. The monoisotopic (exact) mass is 275 g/mol. The first-order valence-electron chi connectivity index (χ1n) is 5.62. The van der Waals surface area contributed by atoms with Crippen molar-refractivity contribution in [2.24, 2.45) is 5.10 Å². The van der Waals surface area contributed by atoms with Crippen LogP contribution in [-0.4, -0.2) is 12.2 Å². The molecule has 2 aromatic carbocycles. The van der Waals surface area contributed by atoms with Crippen molar-refractivity contribution in [3.05, 3.63) is 65.2 Å². The highest BCUT2D eigenvalue weighted by atomic mass is 19.1. The quantitative estimate of drug-likeness (QED) is 0.683. The second-order valence-electron chi connectivity index (χ2n) is 3.90. The summed E-state index contributed by atoms with van der Waals surface area (Å²) in [5.41, 5.74) is 3.29. The maximum atomic E-state index is 13.3. The number of hydrogen-bond donors (Lipinski definition) is 1. The van der Waals surface area contributed by atoms with Gasteiger partial charge in [-0.15, -0.1) is 0 Å². The lowest BCUT2D eigenvalue weighted by Crippen LogP contribution is -2.21. The van der Waals surface area contributed by atoms with Crippen molar-refractivity contribution >= 4 is 17.9 Å². The number of hydrazone groups is 1. The Hall–Kier alpha value is -2.76. The molecule has 0 saturated heterocycles. The van der Waals surface area contributed by atoms with E-state index in [4.69, 9.17) is 0 Å². The molecule has 20 heavy (non-hydrogen) atoms. The van der Waals surface area contributed by atoms with Crippen LogP contribution >= 0.6 is 0 Å². The molecule has 0 saturated carbocycles. The van der Waals surface area contributed by atoms with Crippen molar-refractivity contribution in [1.29, 1.82) is 0 Å². The number of halogens is 2. The molecule has 0 spiro atoms. The van der Waals surface area contributed by atoms with Gasteiger partial charge in [-0.1, -0.05) is 12.1 Å². The number of hydrogen-bond acceptors (Lipinski definition) is 4. The highest BCUT2D eigenvalue weighted by Gasteiger charge is 2.00. The summed E-state index contributed by atoms with van der Waals surface area (Å²) in [5, 5.41) is 14.3. The van der Waals surface area contributed by atoms with E-state index in [0.717, 1.165) is 12.1 Å². The molecule has 4 nitrogen and oxygen atoms in total. The van der Waals surface area contributed by atoms with Crippen LogP contribution in [0.25, 0.3) is 0 Å². The maximum Gasteiger partial charge on any atom is 0.134 e. The summed E-state index contributed by atoms with van der Waals surface area (Å²) in [5.74, 6) is -2.65. The Morgan fingerprint density at radius 1 is 1.15 bits per heavy atom. The fourth-order valence-corrected chi connectivity index (χ4v) is 1.46. The van der Waals surface area contributed by atoms with Gasteiger partial charge in [0.1, 0.15) is 11.6 Å². The number of nitrogens with zero attached hydrogens (tertiary/aromatic N) is 1. The standard InChI is InChI=1S/C14H10F2N2O2/c15-11-4-1-10(13(16)7-11)8-17-18-12-5-2-9(3-6-12)14(19)20/h1-8,18H,(H,19,20)/p-1/b17-8-. The van der Waals surface area contributed by atoms with Crippen molar-refractivity contribution in [2.75, 3.05) is 5.43 Å². The van der Waals surface area contributed by atoms with E-state index in [-0.39, 0.29) is 11.1 Å². The third-order valence-electron chi connectivity index (χ3n) is 2.48. The molecule has 0 heterocycles. The summed E-state index contributed by atoms with van der Waals surface area (Å²) < 4.78 is 26.0. The predicted octanol–water partition coefficient (Wildman–Crippen LogP) is 1.77. The van der Waals surface area contributed by atoms with Gasteiger partial charge in [-0.3, -0.25) is 5.43 Å². The zero-order valence-electron chi connectivity index (χ0n) is 10.1. The van der Waals surface area contributed by atoms with Gasteiger partial charge in [0.05, 0.1) is 17.9 Å². The van der Waals surface area contributed by atoms with Crippen molar-refractivity contribution < 1.29 is 18.7 Å². The van der Waals surface area contributed by atoms with E-state index >= 15 is 0 Å². The van der Waals surface area contributed by atoms with Crippen molar-refractivity contribution in [2.45, 2.75) is 0 Å². The van der Waals surface area contributed by atoms with Crippen LogP contribution in [0, 0.1) is 11.6 Å². The van der Waals surface area contributed by atoms with Gasteiger partial charge in [0.2, 0.25) is 0 Å². The Kier molecular flexibility index (Phi) is 4.05. The van der Waals surface area contributed by atoms with Gasteiger partial charge in [-0.2, -0.15) is 5.10 Å². The van der Waals surface area contributed by atoms with Gasteiger partial charge in [-0.25, -0.2) is 8.78 Å². The number of aromatic carboxylic acids is 1. The zero-order valence-corrected chi connectivity index (χ0v) is 10.1. The second-order valence-corrected chi connectivity index (χ2v) is 3.90. The van der Waals surface area contributed by atoms with E-state index in [0.29, 0.717) is 5.69 Å². The van der Waals surface area contributed by atoms with Crippen LogP contribution in [0.15, 0.2) is 47.6 Å². The Bertz CT molecular complexity index is 655. The number of carbonyl (C=O) groups excluding carboxylic acids is 1. The predicted molar refractivity (Wildman–Crippen MR) is 68.3 cm³/mol. The molecule has 0 aromatic heterocycles. The van der Waals surface area contributed by atoms with Gasteiger partial charge >= 0.3 is 0 Å². The molecule has 0 bridgehead atoms. The Morgan fingerprint density at radius 3 is 2.45 bits per heavy atom. The largest absolute Gasteiger partial charge is 0.545 e. The molecule has 0 fully saturated rings. The van der Waals surface area contributed by atoms with Gasteiger partial charge < -0.3 is 9.90 Å². The van der Waals surface area contributed by atoms with Crippen LogP contribution in [-0.2, 0) is 0 Å².